The van der Waals surface area contributed by atoms with E-state index in [1.165, 1.54) is 24.6 Å². The van der Waals surface area contributed by atoms with Crippen LogP contribution in [-0.2, 0) is 12.6 Å². The van der Waals surface area contributed by atoms with Gasteiger partial charge in [0.15, 0.2) is 5.82 Å². The highest BCUT2D eigenvalue weighted by molar-refractivity contribution is 5.92. The molecule has 10 heteroatoms. The van der Waals surface area contributed by atoms with Crippen molar-refractivity contribution in [2.24, 2.45) is 5.41 Å². The number of aromatic nitrogens is 3. The second kappa shape index (κ2) is 8.13. The highest BCUT2D eigenvalue weighted by atomic mass is 19.4. The molecular weight excluding hydrogens is 401 g/mol. The second-order valence-electron chi connectivity index (χ2n) is 7.53. The first-order chi connectivity index (χ1) is 14.0. The molecule has 0 spiro atoms. The molecule has 0 unspecified atom stereocenters. The zero-order chi connectivity index (χ0) is 21.9. The Bertz CT molecular complexity index is 1070. The third-order valence-corrected chi connectivity index (χ3v) is 4.30. The number of hydrogen-bond acceptors (Lipinski definition) is 5. The van der Waals surface area contributed by atoms with Gasteiger partial charge in [-0.25, -0.2) is 9.97 Å². The average Bonchev–Trinajstić information content (AvgIpc) is 3.20. The van der Waals surface area contributed by atoms with Crippen LogP contribution in [0.3, 0.4) is 0 Å². The molecule has 0 bridgehead atoms. The topological polar surface area (TPSA) is 101 Å². The van der Waals surface area contributed by atoms with Crippen LogP contribution >= 0.6 is 0 Å². The highest BCUT2D eigenvalue weighted by Gasteiger charge is 2.30. The molecule has 158 valence electrons. The first kappa shape index (κ1) is 21.3. The Balaban J connectivity index is 1.65. The van der Waals surface area contributed by atoms with Gasteiger partial charge in [0.25, 0.3) is 17.4 Å². The maximum Gasteiger partial charge on any atom is 0.416 e. The molecule has 1 aromatic carbocycles. The highest BCUT2D eigenvalue weighted by Crippen LogP contribution is 2.30. The summed E-state index contributed by atoms with van der Waals surface area (Å²) in [5.74, 6) is -0.458. The molecule has 7 nitrogen and oxygen atoms in total. The Hall–Kier alpha value is -3.43. The molecule has 0 aliphatic heterocycles. The molecule has 3 rings (SSSR count). The van der Waals surface area contributed by atoms with Crippen LogP contribution < -0.4 is 10.9 Å². The Morgan fingerprint density at radius 2 is 1.90 bits per heavy atom. The number of amides is 1. The molecule has 0 radical (unpaired) electrons. The Labute approximate surface area is 169 Å². The number of halogens is 3. The van der Waals surface area contributed by atoms with Crippen molar-refractivity contribution in [3.8, 4) is 11.7 Å². The number of nitrogens with one attached hydrogen (secondary N) is 2. The fraction of sp³-hybridized carbons (Fsp3) is 0.300. The quantitative estimate of drug-likeness (QED) is 0.636. The number of rotatable bonds is 6. The van der Waals surface area contributed by atoms with Gasteiger partial charge in [0.05, 0.1) is 11.8 Å². The van der Waals surface area contributed by atoms with E-state index in [1.807, 2.05) is 13.8 Å². The first-order valence-electron chi connectivity index (χ1n) is 8.99. The van der Waals surface area contributed by atoms with Gasteiger partial charge in [-0.1, -0.05) is 26.0 Å². The third-order valence-electron chi connectivity index (χ3n) is 4.30. The third kappa shape index (κ3) is 5.34. The molecule has 0 aliphatic carbocycles. The van der Waals surface area contributed by atoms with Crippen molar-refractivity contribution in [3.63, 3.8) is 0 Å². The molecule has 2 N–H and O–H groups in total. The summed E-state index contributed by atoms with van der Waals surface area (Å²) in [6.45, 7) is 3.96. The molecule has 0 fully saturated rings. The second-order valence-corrected chi connectivity index (χ2v) is 7.53. The summed E-state index contributed by atoms with van der Waals surface area (Å²) in [6, 6.07) is 5.98. The summed E-state index contributed by atoms with van der Waals surface area (Å²) >= 11 is 0. The monoisotopic (exact) mass is 420 g/mol. The Morgan fingerprint density at radius 1 is 1.20 bits per heavy atom. The lowest BCUT2D eigenvalue weighted by molar-refractivity contribution is -0.137. The van der Waals surface area contributed by atoms with Gasteiger partial charge in [-0.2, -0.15) is 13.2 Å². The summed E-state index contributed by atoms with van der Waals surface area (Å²) in [7, 11) is 0. The van der Waals surface area contributed by atoms with Crippen molar-refractivity contribution in [2.75, 3.05) is 6.54 Å². The van der Waals surface area contributed by atoms with Crippen LogP contribution in [0.15, 0.2) is 52.0 Å². The van der Waals surface area contributed by atoms with Crippen LogP contribution in [-0.4, -0.2) is 27.4 Å². The predicted molar refractivity (Wildman–Crippen MR) is 102 cm³/mol. The fourth-order valence-electron chi connectivity index (χ4n) is 2.85. The van der Waals surface area contributed by atoms with Crippen LogP contribution in [0, 0.1) is 5.41 Å². The maximum absolute atomic E-state index is 12.7. The first-order valence-corrected chi connectivity index (χ1v) is 8.99. The number of carbonyl (C=O) groups excluding carboxylic acids is 1. The van der Waals surface area contributed by atoms with Gasteiger partial charge in [-0.05, 0) is 29.5 Å². The van der Waals surface area contributed by atoms with Crippen molar-refractivity contribution in [1.82, 2.24) is 20.3 Å². The lowest BCUT2D eigenvalue weighted by atomic mass is 9.85. The number of alkyl halides is 3. The lowest BCUT2D eigenvalue weighted by Gasteiger charge is -2.25. The van der Waals surface area contributed by atoms with Crippen LogP contribution in [0.5, 0.6) is 0 Å². The summed E-state index contributed by atoms with van der Waals surface area (Å²) in [6.07, 6.45) is -1.25. The molecule has 30 heavy (non-hydrogen) atoms. The minimum absolute atomic E-state index is 0.0293. The zero-order valence-corrected chi connectivity index (χ0v) is 16.2. The van der Waals surface area contributed by atoms with Gasteiger partial charge < -0.3 is 14.7 Å². The molecule has 2 heterocycles. The van der Waals surface area contributed by atoms with E-state index < -0.39 is 28.6 Å². The smallest absolute Gasteiger partial charge is 0.416 e. The van der Waals surface area contributed by atoms with E-state index in [2.05, 4.69) is 20.3 Å². The summed E-state index contributed by atoms with van der Waals surface area (Å²) in [5.41, 5.74) is -1.09. The van der Waals surface area contributed by atoms with Crippen LogP contribution in [0.2, 0.25) is 0 Å². The number of benzene rings is 1. The van der Waals surface area contributed by atoms with Crippen molar-refractivity contribution in [1.29, 1.82) is 0 Å². The van der Waals surface area contributed by atoms with E-state index in [0.29, 0.717) is 12.0 Å². The van der Waals surface area contributed by atoms with Gasteiger partial charge in [0, 0.05) is 12.6 Å². The summed E-state index contributed by atoms with van der Waals surface area (Å²) in [4.78, 5) is 34.7. The van der Waals surface area contributed by atoms with E-state index in [0.717, 1.165) is 18.2 Å². The minimum atomic E-state index is -4.38. The van der Waals surface area contributed by atoms with Gasteiger partial charge >= 0.3 is 6.18 Å². The van der Waals surface area contributed by atoms with E-state index in [1.54, 1.807) is 0 Å². The van der Waals surface area contributed by atoms with E-state index in [9.17, 15) is 22.8 Å². The number of carbonyl (C=O) groups is 1. The maximum atomic E-state index is 12.7. The molecule has 0 saturated carbocycles. The number of H-pyrrole nitrogens is 1. The van der Waals surface area contributed by atoms with Gasteiger partial charge in [0.2, 0.25) is 0 Å². The standard InChI is InChI=1S/C20H19F3N4O3/c1-19(2,10-12-3-5-13(6-4-12)20(21,22)23)11-25-17(29)14-9-15(28)27-16(26-14)18-24-7-8-30-18/h3-9H,10-11H2,1-2H3,(H,25,29)(H,26,27,28). The molecular formula is C20H19F3N4O3. The largest absolute Gasteiger partial charge is 0.442 e. The predicted octanol–water partition coefficient (Wildman–Crippen LogP) is 3.44. The number of aromatic amines is 1. The average molecular weight is 420 g/mol. The van der Waals surface area contributed by atoms with Crippen LogP contribution in [0.1, 0.15) is 35.5 Å². The summed E-state index contributed by atoms with van der Waals surface area (Å²) < 4.78 is 43.1. The van der Waals surface area contributed by atoms with Crippen molar-refractivity contribution in [3.05, 3.63) is 70.0 Å². The SMILES string of the molecule is CC(C)(CNC(=O)c1cc(=O)[nH]c(-c2ncco2)n1)Cc1ccc(C(F)(F)F)cc1. The fourth-order valence-corrected chi connectivity index (χ4v) is 2.85. The number of oxazole rings is 1. The molecule has 0 saturated heterocycles. The molecule has 0 aliphatic rings. The van der Waals surface area contributed by atoms with Crippen LogP contribution in [0.25, 0.3) is 11.7 Å². The normalized spacial score (nSPS) is 12.0. The van der Waals surface area contributed by atoms with E-state index in [-0.39, 0.29) is 24.0 Å². The van der Waals surface area contributed by atoms with Crippen LogP contribution in [0.4, 0.5) is 13.2 Å². The summed E-state index contributed by atoms with van der Waals surface area (Å²) in [5, 5.41) is 2.71. The molecule has 0 atom stereocenters. The zero-order valence-electron chi connectivity index (χ0n) is 16.2. The molecule has 2 aromatic heterocycles. The Kier molecular flexibility index (Phi) is 5.77. The van der Waals surface area contributed by atoms with Crippen molar-refractivity contribution < 1.29 is 22.4 Å². The van der Waals surface area contributed by atoms with Gasteiger partial charge in [-0.3, -0.25) is 9.59 Å². The van der Waals surface area contributed by atoms with Crippen molar-refractivity contribution >= 4 is 5.91 Å². The van der Waals surface area contributed by atoms with Gasteiger partial charge in [0.1, 0.15) is 12.0 Å². The number of hydrogen-bond donors (Lipinski definition) is 2. The Morgan fingerprint density at radius 3 is 2.50 bits per heavy atom. The van der Waals surface area contributed by atoms with E-state index >= 15 is 0 Å². The lowest BCUT2D eigenvalue weighted by Crippen LogP contribution is -2.36. The molecule has 3 aromatic rings. The minimum Gasteiger partial charge on any atom is -0.442 e. The van der Waals surface area contributed by atoms with E-state index in [4.69, 9.17) is 4.42 Å². The van der Waals surface area contributed by atoms with Crippen molar-refractivity contribution in [2.45, 2.75) is 26.4 Å². The number of nitrogens with zero attached hydrogens (tertiary/aromatic N) is 2. The molecule has 1 amide bonds. The van der Waals surface area contributed by atoms with Gasteiger partial charge in [-0.15, -0.1) is 0 Å².